The van der Waals surface area contributed by atoms with Gasteiger partial charge in [-0.2, -0.15) is 0 Å². The number of hydrogen-bond donors (Lipinski definition) is 2. The summed E-state index contributed by atoms with van der Waals surface area (Å²) >= 11 is 0. The lowest BCUT2D eigenvalue weighted by atomic mass is 9.74. The van der Waals surface area contributed by atoms with Crippen LogP contribution in [0.15, 0.2) is 0 Å². The van der Waals surface area contributed by atoms with Gasteiger partial charge in [-0.15, -0.1) is 0 Å². The van der Waals surface area contributed by atoms with Gasteiger partial charge >= 0.3 is 0 Å². The van der Waals surface area contributed by atoms with Gasteiger partial charge in [0.05, 0.1) is 0 Å². The molecule has 0 saturated carbocycles. The monoisotopic (exact) mass is 238 g/mol. The summed E-state index contributed by atoms with van der Waals surface area (Å²) in [5, 5.41) is 7.40. The summed E-state index contributed by atoms with van der Waals surface area (Å²) < 4.78 is 0. The van der Waals surface area contributed by atoms with Gasteiger partial charge in [0.1, 0.15) is 0 Å². The molecule has 2 N–H and O–H groups in total. The summed E-state index contributed by atoms with van der Waals surface area (Å²) in [5.41, 5.74) is 0.454. The highest BCUT2D eigenvalue weighted by Crippen LogP contribution is 2.33. The van der Waals surface area contributed by atoms with E-state index in [2.05, 4.69) is 24.5 Å². The van der Waals surface area contributed by atoms with Crippen LogP contribution in [-0.2, 0) is 0 Å². The van der Waals surface area contributed by atoms with Crippen LogP contribution in [0.2, 0.25) is 0 Å². The molecule has 2 rings (SSSR count). The smallest absolute Gasteiger partial charge is 0.0204 e. The number of rotatable bonds is 4. The summed E-state index contributed by atoms with van der Waals surface area (Å²) in [5.74, 6) is 1.71. The average Bonchev–Trinajstić information content (AvgIpc) is 2.38. The molecule has 2 nitrogen and oxygen atoms in total. The summed E-state index contributed by atoms with van der Waals surface area (Å²) in [6.07, 6.45) is 9.82. The zero-order chi connectivity index (χ0) is 12.1. The first kappa shape index (κ1) is 13.4. The second kappa shape index (κ2) is 6.19. The van der Waals surface area contributed by atoms with Crippen molar-refractivity contribution in [3.63, 3.8) is 0 Å². The molecule has 2 heterocycles. The highest BCUT2D eigenvalue weighted by molar-refractivity contribution is 4.94. The van der Waals surface area contributed by atoms with E-state index in [-0.39, 0.29) is 0 Å². The Hall–Kier alpha value is -0.0800. The molecule has 0 amide bonds. The molecule has 17 heavy (non-hydrogen) atoms. The Bertz CT molecular complexity index is 213. The molecule has 0 aromatic rings. The van der Waals surface area contributed by atoms with Gasteiger partial charge in [-0.1, -0.05) is 20.3 Å². The van der Waals surface area contributed by atoms with Crippen LogP contribution in [0.1, 0.15) is 58.8 Å². The Morgan fingerprint density at radius 1 is 1.18 bits per heavy atom. The molecule has 2 aliphatic rings. The van der Waals surface area contributed by atoms with Crippen molar-refractivity contribution in [2.75, 3.05) is 19.6 Å². The zero-order valence-corrected chi connectivity index (χ0v) is 11.7. The summed E-state index contributed by atoms with van der Waals surface area (Å²) in [6, 6.07) is 0. The van der Waals surface area contributed by atoms with Crippen LogP contribution in [0.4, 0.5) is 0 Å². The van der Waals surface area contributed by atoms with Crippen LogP contribution >= 0.6 is 0 Å². The minimum atomic E-state index is 0.454. The normalized spacial score (nSPS) is 35.1. The fraction of sp³-hybridized carbons (Fsp3) is 1.00. The highest BCUT2D eigenvalue weighted by atomic mass is 15.0. The molecule has 100 valence electrons. The predicted molar refractivity (Wildman–Crippen MR) is 74.3 cm³/mol. The molecule has 2 heteroatoms. The Morgan fingerprint density at radius 2 is 2.06 bits per heavy atom. The van der Waals surface area contributed by atoms with E-state index in [0.29, 0.717) is 5.54 Å². The third-order valence-electron chi connectivity index (χ3n) is 5.03. The molecule has 0 aromatic heterocycles. The number of nitrogens with one attached hydrogen (secondary N) is 2. The van der Waals surface area contributed by atoms with Gasteiger partial charge in [0, 0.05) is 5.54 Å². The molecule has 0 aliphatic carbocycles. The lowest BCUT2D eigenvalue weighted by Crippen LogP contribution is -2.52. The minimum absolute atomic E-state index is 0.454. The van der Waals surface area contributed by atoms with Crippen LogP contribution in [0, 0.1) is 11.8 Å². The average molecular weight is 238 g/mol. The third kappa shape index (κ3) is 3.45. The van der Waals surface area contributed by atoms with E-state index in [0.717, 1.165) is 11.8 Å². The first-order valence-electron chi connectivity index (χ1n) is 7.69. The Labute approximate surface area is 107 Å². The molecule has 2 saturated heterocycles. The van der Waals surface area contributed by atoms with Gasteiger partial charge < -0.3 is 10.6 Å². The van der Waals surface area contributed by atoms with Crippen LogP contribution in [0.5, 0.6) is 0 Å². The van der Waals surface area contributed by atoms with Crippen molar-refractivity contribution in [2.24, 2.45) is 11.8 Å². The lowest BCUT2D eigenvalue weighted by molar-refractivity contribution is 0.153. The van der Waals surface area contributed by atoms with Gasteiger partial charge in [0.15, 0.2) is 0 Å². The molecular formula is C15H30N2. The molecule has 2 atom stereocenters. The summed E-state index contributed by atoms with van der Waals surface area (Å²) in [7, 11) is 0. The highest BCUT2D eigenvalue weighted by Gasteiger charge is 2.34. The fourth-order valence-corrected chi connectivity index (χ4v) is 3.62. The second-order valence-corrected chi connectivity index (χ2v) is 6.45. The Kier molecular flexibility index (Phi) is 4.87. The van der Waals surface area contributed by atoms with E-state index in [1.807, 2.05) is 0 Å². The summed E-state index contributed by atoms with van der Waals surface area (Å²) in [6.45, 7) is 8.54. The lowest BCUT2D eigenvalue weighted by Gasteiger charge is -2.43. The second-order valence-electron chi connectivity index (χ2n) is 6.45. The van der Waals surface area contributed by atoms with Crippen molar-refractivity contribution in [1.29, 1.82) is 0 Å². The van der Waals surface area contributed by atoms with Crippen LogP contribution in [0.25, 0.3) is 0 Å². The summed E-state index contributed by atoms with van der Waals surface area (Å²) in [4.78, 5) is 0. The van der Waals surface area contributed by atoms with E-state index in [9.17, 15) is 0 Å². The van der Waals surface area contributed by atoms with E-state index in [1.54, 1.807) is 0 Å². The van der Waals surface area contributed by atoms with Gasteiger partial charge in [-0.3, -0.25) is 0 Å². The van der Waals surface area contributed by atoms with Crippen molar-refractivity contribution < 1.29 is 0 Å². The molecule has 2 unspecified atom stereocenters. The maximum Gasteiger partial charge on any atom is 0.0204 e. The van der Waals surface area contributed by atoms with E-state index in [4.69, 9.17) is 0 Å². The standard InChI is InChI=1S/C15H30N2/c1-13(2)15(8-3-4-11-17-15)9-7-14-6-5-10-16-12-14/h13-14,16-17H,3-12H2,1-2H3. The van der Waals surface area contributed by atoms with Crippen LogP contribution < -0.4 is 10.6 Å². The van der Waals surface area contributed by atoms with Gasteiger partial charge in [-0.05, 0) is 70.0 Å². The largest absolute Gasteiger partial charge is 0.316 e. The number of piperidine rings is 2. The maximum absolute atomic E-state index is 3.85. The van der Waals surface area contributed by atoms with Crippen molar-refractivity contribution in [3.8, 4) is 0 Å². The van der Waals surface area contributed by atoms with Crippen molar-refractivity contribution >= 4 is 0 Å². The van der Waals surface area contributed by atoms with Crippen molar-refractivity contribution in [2.45, 2.75) is 64.3 Å². The predicted octanol–water partition coefficient (Wildman–Crippen LogP) is 2.93. The Morgan fingerprint density at radius 3 is 2.65 bits per heavy atom. The minimum Gasteiger partial charge on any atom is -0.316 e. The third-order valence-corrected chi connectivity index (χ3v) is 5.03. The first-order valence-corrected chi connectivity index (χ1v) is 7.69. The quantitative estimate of drug-likeness (QED) is 0.787. The van der Waals surface area contributed by atoms with Crippen LogP contribution in [-0.4, -0.2) is 25.2 Å². The molecule has 0 spiro atoms. The molecule has 0 bridgehead atoms. The molecule has 0 radical (unpaired) electrons. The first-order chi connectivity index (χ1) is 8.23. The molecule has 0 aromatic carbocycles. The Balaban J connectivity index is 1.84. The molecule has 2 aliphatic heterocycles. The van der Waals surface area contributed by atoms with Crippen LogP contribution in [0.3, 0.4) is 0 Å². The van der Waals surface area contributed by atoms with Gasteiger partial charge in [0.25, 0.3) is 0 Å². The van der Waals surface area contributed by atoms with E-state index >= 15 is 0 Å². The van der Waals surface area contributed by atoms with E-state index < -0.39 is 0 Å². The van der Waals surface area contributed by atoms with Gasteiger partial charge in [0.2, 0.25) is 0 Å². The fourth-order valence-electron chi connectivity index (χ4n) is 3.62. The molecule has 2 fully saturated rings. The SMILES string of the molecule is CC(C)C1(CCC2CCCNC2)CCCCN1. The van der Waals surface area contributed by atoms with E-state index in [1.165, 1.54) is 64.6 Å². The maximum atomic E-state index is 3.85. The topological polar surface area (TPSA) is 24.1 Å². The molecular weight excluding hydrogens is 208 g/mol. The van der Waals surface area contributed by atoms with Crippen molar-refractivity contribution in [3.05, 3.63) is 0 Å². The zero-order valence-electron chi connectivity index (χ0n) is 11.7. The van der Waals surface area contributed by atoms with Crippen molar-refractivity contribution in [1.82, 2.24) is 10.6 Å². The number of hydrogen-bond acceptors (Lipinski definition) is 2. The van der Waals surface area contributed by atoms with Gasteiger partial charge in [-0.25, -0.2) is 0 Å².